The minimum absolute atomic E-state index is 0.834. The normalized spacial score (nSPS) is 11.1. The summed E-state index contributed by atoms with van der Waals surface area (Å²) in [5.74, 6) is 0. The molecule has 0 bridgehead atoms. The number of nitrogens with one attached hydrogen (secondary N) is 1. The molecule has 0 unspecified atom stereocenters. The van der Waals surface area contributed by atoms with Crippen LogP contribution in [-0.2, 0) is 0 Å². The highest BCUT2D eigenvalue weighted by Crippen LogP contribution is 2.12. The maximum Gasteiger partial charge on any atom is -0.00484 e. The molecule has 0 aromatic rings. The monoisotopic (exact) mass is 298 g/mol. The predicted molar refractivity (Wildman–Crippen MR) is 96.9 cm³/mol. The number of hydrogen-bond donors (Lipinski definition) is 2. The Labute approximate surface area is 134 Å². The van der Waals surface area contributed by atoms with Gasteiger partial charge in [-0.1, -0.05) is 84.0 Å². The lowest BCUT2D eigenvalue weighted by atomic mass is 10.0. The fraction of sp³-hybridized carbons (Fsp3) is 1.00. The van der Waals surface area contributed by atoms with Crippen LogP contribution >= 0.6 is 0 Å². The summed E-state index contributed by atoms with van der Waals surface area (Å²) in [4.78, 5) is 0. The molecule has 0 fully saturated rings. The molecule has 0 radical (unpaired) electrons. The topological polar surface area (TPSA) is 38.0 Å². The first-order valence-corrected chi connectivity index (χ1v) is 9.82. The van der Waals surface area contributed by atoms with Crippen LogP contribution in [0.25, 0.3) is 0 Å². The molecule has 0 aliphatic carbocycles. The summed E-state index contributed by atoms with van der Waals surface area (Å²) in [6.45, 7) is 5.47. The molecule has 0 saturated carbocycles. The van der Waals surface area contributed by atoms with Gasteiger partial charge >= 0.3 is 0 Å². The maximum absolute atomic E-state index is 5.47. The largest absolute Gasteiger partial charge is 0.330 e. The van der Waals surface area contributed by atoms with E-state index >= 15 is 0 Å². The molecule has 3 N–H and O–H groups in total. The third kappa shape index (κ3) is 19.9. The molecule has 0 atom stereocenters. The fourth-order valence-electron chi connectivity index (χ4n) is 2.79. The fourth-order valence-corrected chi connectivity index (χ4v) is 2.79. The Balaban J connectivity index is 2.90. The van der Waals surface area contributed by atoms with E-state index < -0.39 is 0 Å². The highest BCUT2D eigenvalue weighted by Gasteiger charge is 1.94. The number of unbranched alkanes of at least 4 members (excludes halogenated alkanes) is 13. The Kier molecular flexibility index (Phi) is 19.8. The van der Waals surface area contributed by atoms with Gasteiger partial charge in [-0.15, -0.1) is 0 Å². The van der Waals surface area contributed by atoms with E-state index in [9.17, 15) is 0 Å². The van der Waals surface area contributed by atoms with Crippen LogP contribution in [-0.4, -0.2) is 19.6 Å². The van der Waals surface area contributed by atoms with E-state index in [0.717, 1.165) is 19.5 Å². The molecule has 0 amide bonds. The van der Waals surface area contributed by atoms with Crippen LogP contribution in [0.1, 0.15) is 103 Å². The van der Waals surface area contributed by atoms with Crippen molar-refractivity contribution >= 4 is 0 Å². The lowest BCUT2D eigenvalue weighted by Crippen LogP contribution is -2.17. The van der Waals surface area contributed by atoms with Crippen LogP contribution in [0.15, 0.2) is 0 Å². The van der Waals surface area contributed by atoms with Gasteiger partial charge in [-0.2, -0.15) is 0 Å². The van der Waals surface area contributed by atoms with Crippen molar-refractivity contribution in [1.82, 2.24) is 5.32 Å². The molecular weight excluding hydrogens is 256 g/mol. The third-order valence-corrected chi connectivity index (χ3v) is 4.26. The van der Waals surface area contributed by atoms with Gasteiger partial charge in [0.1, 0.15) is 0 Å². The van der Waals surface area contributed by atoms with Gasteiger partial charge in [0.25, 0.3) is 0 Å². The molecule has 21 heavy (non-hydrogen) atoms. The first-order chi connectivity index (χ1) is 10.4. The predicted octanol–water partition coefficient (Wildman–Crippen LogP) is 5.41. The van der Waals surface area contributed by atoms with Crippen molar-refractivity contribution in [3.63, 3.8) is 0 Å². The smallest absolute Gasteiger partial charge is 0.00484 e. The van der Waals surface area contributed by atoms with Gasteiger partial charge in [-0.25, -0.2) is 0 Å². The lowest BCUT2D eigenvalue weighted by molar-refractivity contribution is 0.530. The Morgan fingerprint density at radius 3 is 1.33 bits per heavy atom. The maximum atomic E-state index is 5.47. The molecule has 0 aromatic carbocycles. The van der Waals surface area contributed by atoms with E-state index in [1.807, 2.05) is 0 Å². The van der Waals surface area contributed by atoms with Crippen molar-refractivity contribution in [3.8, 4) is 0 Å². The van der Waals surface area contributed by atoms with E-state index in [2.05, 4.69) is 12.2 Å². The van der Waals surface area contributed by atoms with Gasteiger partial charge in [-0.3, -0.25) is 0 Å². The molecule has 0 saturated heterocycles. The second-order valence-electron chi connectivity index (χ2n) is 6.49. The summed E-state index contributed by atoms with van der Waals surface area (Å²) in [6.07, 6.45) is 21.1. The van der Waals surface area contributed by atoms with E-state index in [0.29, 0.717) is 0 Å². The van der Waals surface area contributed by atoms with Crippen LogP contribution in [0.2, 0.25) is 0 Å². The Morgan fingerprint density at radius 2 is 0.905 bits per heavy atom. The van der Waals surface area contributed by atoms with Gasteiger partial charge in [0.05, 0.1) is 0 Å². The minimum atomic E-state index is 0.834. The van der Waals surface area contributed by atoms with Crippen molar-refractivity contribution in [2.24, 2.45) is 5.73 Å². The summed E-state index contributed by atoms with van der Waals surface area (Å²) in [6, 6.07) is 0. The van der Waals surface area contributed by atoms with E-state index in [1.165, 1.54) is 96.4 Å². The number of hydrogen-bond acceptors (Lipinski definition) is 2. The quantitative estimate of drug-likeness (QED) is 0.332. The molecular formula is C19H42N2. The van der Waals surface area contributed by atoms with Crippen LogP contribution < -0.4 is 11.1 Å². The van der Waals surface area contributed by atoms with Crippen molar-refractivity contribution in [1.29, 1.82) is 0 Å². The van der Waals surface area contributed by atoms with Gasteiger partial charge in [0.15, 0.2) is 0 Å². The molecule has 2 heteroatoms. The lowest BCUT2D eigenvalue weighted by Gasteiger charge is -2.05. The van der Waals surface area contributed by atoms with E-state index in [1.54, 1.807) is 0 Å². The minimum Gasteiger partial charge on any atom is -0.330 e. The molecule has 2 nitrogen and oxygen atoms in total. The van der Waals surface area contributed by atoms with Crippen molar-refractivity contribution in [2.45, 2.75) is 103 Å². The van der Waals surface area contributed by atoms with Crippen LogP contribution in [0, 0.1) is 0 Å². The second-order valence-corrected chi connectivity index (χ2v) is 6.49. The third-order valence-electron chi connectivity index (χ3n) is 4.26. The summed E-state index contributed by atoms with van der Waals surface area (Å²) in [7, 11) is 0. The zero-order chi connectivity index (χ0) is 15.4. The molecule has 0 aromatic heterocycles. The first kappa shape index (κ1) is 20.9. The molecule has 0 spiro atoms. The molecule has 0 aliphatic rings. The SMILES string of the molecule is CCCCCCCCCCCCCCCNCCCCN. The van der Waals surface area contributed by atoms with Crippen molar-refractivity contribution < 1.29 is 0 Å². The Bertz CT molecular complexity index is 153. The highest BCUT2D eigenvalue weighted by atomic mass is 14.8. The molecule has 0 rings (SSSR count). The average Bonchev–Trinajstić information content (AvgIpc) is 2.50. The zero-order valence-corrected chi connectivity index (χ0v) is 14.8. The van der Waals surface area contributed by atoms with Crippen LogP contribution in [0.5, 0.6) is 0 Å². The number of nitrogens with two attached hydrogens (primary N) is 1. The van der Waals surface area contributed by atoms with Crippen LogP contribution in [0.3, 0.4) is 0 Å². The van der Waals surface area contributed by atoms with Crippen LogP contribution in [0.4, 0.5) is 0 Å². The van der Waals surface area contributed by atoms with E-state index in [-0.39, 0.29) is 0 Å². The summed E-state index contributed by atoms with van der Waals surface area (Å²) >= 11 is 0. The van der Waals surface area contributed by atoms with Gasteiger partial charge in [0, 0.05) is 0 Å². The van der Waals surface area contributed by atoms with Crippen molar-refractivity contribution in [2.75, 3.05) is 19.6 Å². The second kappa shape index (κ2) is 19.9. The highest BCUT2D eigenvalue weighted by molar-refractivity contribution is 4.52. The summed E-state index contributed by atoms with van der Waals surface area (Å²) in [5.41, 5.74) is 5.47. The standard InChI is InChI=1S/C19H42N2/c1-2-3-4-5-6-7-8-9-10-11-12-13-15-18-21-19-16-14-17-20/h21H,2-20H2,1H3. The Hall–Kier alpha value is -0.0800. The molecule has 0 aliphatic heterocycles. The van der Waals surface area contributed by atoms with E-state index in [4.69, 9.17) is 5.73 Å². The Morgan fingerprint density at radius 1 is 0.524 bits per heavy atom. The van der Waals surface area contributed by atoms with Crippen molar-refractivity contribution in [3.05, 3.63) is 0 Å². The summed E-state index contributed by atoms with van der Waals surface area (Å²) in [5, 5.41) is 3.50. The summed E-state index contributed by atoms with van der Waals surface area (Å²) < 4.78 is 0. The molecule has 128 valence electrons. The first-order valence-electron chi connectivity index (χ1n) is 9.82. The number of rotatable bonds is 18. The van der Waals surface area contributed by atoms with Gasteiger partial charge in [-0.05, 0) is 38.9 Å². The van der Waals surface area contributed by atoms with Gasteiger partial charge in [0.2, 0.25) is 0 Å². The molecule has 0 heterocycles. The van der Waals surface area contributed by atoms with Gasteiger partial charge < -0.3 is 11.1 Å². The average molecular weight is 299 g/mol. The zero-order valence-electron chi connectivity index (χ0n) is 14.8.